The van der Waals surface area contributed by atoms with E-state index in [4.69, 9.17) is 5.73 Å². The number of nitrogens with two attached hydrogens (primary N) is 1. The SMILES string of the molecule is CC(c1cccc(F)c1F)N(CC(N)=O)C(=O)c1ccccc1. The molecule has 120 valence electrons. The molecule has 0 radical (unpaired) electrons. The molecule has 0 aliphatic carbocycles. The lowest BCUT2D eigenvalue weighted by Gasteiger charge is -2.29. The lowest BCUT2D eigenvalue weighted by Crippen LogP contribution is -2.40. The van der Waals surface area contributed by atoms with Gasteiger partial charge in [0.05, 0.1) is 6.04 Å². The molecular weight excluding hydrogens is 302 g/mol. The summed E-state index contributed by atoms with van der Waals surface area (Å²) >= 11 is 0. The minimum absolute atomic E-state index is 0.0180. The van der Waals surface area contributed by atoms with Gasteiger partial charge in [0.1, 0.15) is 6.54 Å². The molecule has 0 aromatic heterocycles. The highest BCUT2D eigenvalue weighted by Gasteiger charge is 2.26. The smallest absolute Gasteiger partial charge is 0.254 e. The lowest BCUT2D eigenvalue weighted by molar-refractivity contribution is -0.119. The summed E-state index contributed by atoms with van der Waals surface area (Å²) in [6.07, 6.45) is 0. The predicted octanol–water partition coefficient (Wildman–Crippen LogP) is 2.65. The van der Waals surface area contributed by atoms with Crippen LogP contribution in [0, 0.1) is 11.6 Å². The fourth-order valence-corrected chi connectivity index (χ4v) is 2.31. The molecule has 23 heavy (non-hydrogen) atoms. The van der Waals surface area contributed by atoms with Crippen molar-refractivity contribution in [1.29, 1.82) is 0 Å². The van der Waals surface area contributed by atoms with Crippen LogP contribution in [0.3, 0.4) is 0 Å². The summed E-state index contributed by atoms with van der Waals surface area (Å²) in [5, 5.41) is 0. The average molecular weight is 318 g/mol. The summed E-state index contributed by atoms with van der Waals surface area (Å²) in [4.78, 5) is 25.0. The molecule has 4 nitrogen and oxygen atoms in total. The van der Waals surface area contributed by atoms with Crippen molar-refractivity contribution in [3.05, 3.63) is 71.3 Å². The molecule has 0 saturated carbocycles. The molecule has 2 aromatic rings. The quantitative estimate of drug-likeness (QED) is 0.921. The van der Waals surface area contributed by atoms with Gasteiger partial charge in [-0.05, 0) is 25.1 Å². The van der Waals surface area contributed by atoms with Gasteiger partial charge in [0.15, 0.2) is 11.6 Å². The molecule has 0 bridgehead atoms. The highest BCUT2D eigenvalue weighted by Crippen LogP contribution is 2.25. The van der Waals surface area contributed by atoms with Crippen molar-refractivity contribution in [2.75, 3.05) is 6.54 Å². The molecule has 2 rings (SSSR count). The zero-order valence-electron chi connectivity index (χ0n) is 12.5. The Bertz CT molecular complexity index is 720. The van der Waals surface area contributed by atoms with Crippen LogP contribution in [0.25, 0.3) is 0 Å². The summed E-state index contributed by atoms with van der Waals surface area (Å²) in [6.45, 7) is 1.12. The Morgan fingerprint density at radius 3 is 2.35 bits per heavy atom. The number of carbonyl (C=O) groups excluding carboxylic acids is 2. The van der Waals surface area contributed by atoms with Crippen LogP contribution in [0.1, 0.15) is 28.9 Å². The Morgan fingerprint density at radius 2 is 1.74 bits per heavy atom. The molecule has 1 unspecified atom stereocenters. The first-order valence-electron chi connectivity index (χ1n) is 7.00. The van der Waals surface area contributed by atoms with E-state index >= 15 is 0 Å². The van der Waals surface area contributed by atoms with E-state index < -0.39 is 36.0 Å². The number of carbonyl (C=O) groups is 2. The number of amides is 2. The molecule has 0 spiro atoms. The number of nitrogens with zero attached hydrogens (tertiary/aromatic N) is 1. The minimum atomic E-state index is -1.05. The molecule has 0 fully saturated rings. The second-order valence-electron chi connectivity index (χ2n) is 5.08. The lowest BCUT2D eigenvalue weighted by atomic mass is 10.0. The van der Waals surface area contributed by atoms with Crippen molar-refractivity contribution in [2.24, 2.45) is 5.73 Å². The van der Waals surface area contributed by atoms with Crippen LogP contribution >= 0.6 is 0 Å². The standard InChI is InChI=1S/C17H16F2N2O2/c1-11(13-8-5-9-14(18)16(13)19)21(10-15(20)22)17(23)12-6-3-2-4-7-12/h2-9,11H,10H2,1H3,(H2,20,22). The average Bonchev–Trinajstić information content (AvgIpc) is 2.54. The molecule has 0 saturated heterocycles. The number of benzene rings is 2. The predicted molar refractivity (Wildman–Crippen MR) is 81.4 cm³/mol. The first-order chi connectivity index (χ1) is 10.9. The number of halogens is 2. The highest BCUT2D eigenvalue weighted by molar-refractivity contribution is 5.96. The Morgan fingerprint density at radius 1 is 1.09 bits per heavy atom. The Balaban J connectivity index is 2.40. The third kappa shape index (κ3) is 3.71. The maximum absolute atomic E-state index is 14.0. The summed E-state index contributed by atoms with van der Waals surface area (Å²) in [6, 6.07) is 11.1. The first kappa shape index (κ1) is 16.6. The van der Waals surface area contributed by atoms with Crippen LogP contribution in [0.5, 0.6) is 0 Å². The van der Waals surface area contributed by atoms with E-state index in [0.717, 1.165) is 11.0 Å². The van der Waals surface area contributed by atoms with Gasteiger partial charge in [0, 0.05) is 11.1 Å². The fourth-order valence-electron chi connectivity index (χ4n) is 2.31. The van der Waals surface area contributed by atoms with Crippen LogP contribution in [-0.2, 0) is 4.79 Å². The van der Waals surface area contributed by atoms with Crippen molar-refractivity contribution in [3.63, 3.8) is 0 Å². The van der Waals surface area contributed by atoms with Crippen molar-refractivity contribution < 1.29 is 18.4 Å². The molecule has 0 aliphatic heterocycles. The van der Waals surface area contributed by atoms with Gasteiger partial charge in [-0.3, -0.25) is 9.59 Å². The molecule has 2 aromatic carbocycles. The number of hydrogen-bond donors (Lipinski definition) is 1. The van der Waals surface area contributed by atoms with Crippen LogP contribution in [0.2, 0.25) is 0 Å². The highest BCUT2D eigenvalue weighted by atomic mass is 19.2. The van der Waals surface area contributed by atoms with Gasteiger partial charge in [-0.1, -0.05) is 30.3 Å². The number of primary amides is 1. The molecular formula is C17H16F2N2O2. The van der Waals surface area contributed by atoms with Gasteiger partial charge in [-0.25, -0.2) is 8.78 Å². The monoisotopic (exact) mass is 318 g/mol. The number of rotatable bonds is 5. The molecule has 0 aliphatic rings. The van der Waals surface area contributed by atoms with Crippen LogP contribution < -0.4 is 5.73 Å². The van der Waals surface area contributed by atoms with E-state index in [-0.39, 0.29) is 5.56 Å². The van der Waals surface area contributed by atoms with E-state index in [1.54, 1.807) is 30.3 Å². The minimum Gasteiger partial charge on any atom is -0.368 e. The van der Waals surface area contributed by atoms with E-state index in [1.165, 1.54) is 19.1 Å². The normalized spacial score (nSPS) is 11.8. The molecule has 2 amide bonds. The zero-order chi connectivity index (χ0) is 17.0. The maximum Gasteiger partial charge on any atom is 0.254 e. The summed E-state index contributed by atoms with van der Waals surface area (Å²) < 4.78 is 27.4. The van der Waals surface area contributed by atoms with Gasteiger partial charge in [0.25, 0.3) is 5.91 Å². The molecule has 1 atom stereocenters. The van der Waals surface area contributed by atoms with Gasteiger partial charge < -0.3 is 10.6 Å². The zero-order valence-corrected chi connectivity index (χ0v) is 12.5. The van der Waals surface area contributed by atoms with Gasteiger partial charge in [-0.2, -0.15) is 0 Å². The third-order valence-corrected chi connectivity index (χ3v) is 3.51. The van der Waals surface area contributed by atoms with Gasteiger partial charge >= 0.3 is 0 Å². The Hall–Kier alpha value is -2.76. The first-order valence-corrected chi connectivity index (χ1v) is 7.00. The fraction of sp³-hybridized carbons (Fsp3) is 0.176. The second kappa shape index (κ2) is 7.00. The van der Waals surface area contributed by atoms with Crippen molar-refractivity contribution in [1.82, 2.24) is 4.90 Å². The number of hydrogen-bond acceptors (Lipinski definition) is 2. The van der Waals surface area contributed by atoms with Crippen molar-refractivity contribution in [2.45, 2.75) is 13.0 Å². The Kier molecular flexibility index (Phi) is 5.05. The van der Waals surface area contributed by atoms with Crippen molar-refractivity contribution in [3.8, 4) is 0 Å². The van der Waals surface area contributed by atoms with E-state index in [1.807, 2.05) is 0 Å². The summed E-state index contributed by atoms with van der Waals surface area (Å²) in [7, 11) is 0. The molecule has 6 heteroatoms. The van der Waals surface area contributed by atoms with E-state index in [0.29, 0.717) is 5.56 Å². The van der Waals surface area contributed by atoms with Crippen LogP contribution in [-0.4, -0.2) is 23.3 Å². The second-order valence-corrected chi connectivity index (χ2v) is 5.08. The molecule has 0 heterocycles. The topological polar surface area (TPSA) is 63.4 Å². The van der Waals surface area contributed by atoms with E-state index in [2.05, 4.69) is 0 Å². The largest absolute Gasteiger partial charge is 0.368 e. The van der Waals surface area contributed by atoms with Crippen LogP contribution in [0.15, 0.2) is 48.5 Å². The van der Waals surface area contributed by atoms with E-state index in [9.17, 15) is 18.4 Å². The van der Waals surface area contributed by atoms with Crippen molar-refractivity contribution >= 4 is 11.8 Å². The Labute approximate surface area is 132 Å². The third-order valence-electron chi connectivity index (χ3n) is 3.51. The van der Waals surface area contributed by atoms with Gasteiger partial charge in [0.2, 0.25) is 5.91 Å². The molecule has 2 N–H and O–H groups in total. The summed E-state index contributed by atoms with van der Waals surface area (Å²) in [5.74, 6) is -3.28. The van der Waals surface area contributed by atoms with Crippen LogP contribution in [0.4, 0.5) is 8.78 Å². The maximum atomic E-state index is 14.0. The van der Waals surface area contributed by atoms with Gasteiger partial charge in [-0.15, -0.1) is 0 Å². The summed E-state index contributed by atoms with van der Waals surface area (Å²) in [5.41, 5.74) is 5.51.